The minimum absolute atomic E-state index is 0.212. The molecule has 0 atom stereocenters. The van der Waals surface area contributed by atoms with Crippen molar-refractivity contribution in [2.24, 2.45) is 0 Å². The van der Waals surface area contributed by atoms with E-state index >= 15 is 0 Å². The molecule has 100 valence electrons. The van der Waals surface area contributed by atoms with Crippen molar-refractivity contribution < 1.29 is 18.4 Å². The lowest BCUT2D eigenvalue weighted by Gasteiger charge is -2.07. The van der Waals surface area contributed by atoms with Crippen LogP contribution in [0.2, 0.25) is 0 Å². The van der Waals surface area contributed by atoms with E-state index in [4.69, 9.17) is 9.26 Å². The van der Waals surface area contributed by atoms with Gasteiger partial charge in [-0.15, -0.1) is 0 Å². The number of nitrogens with one attached hydrogen (secondary N) is 1. The van der Waals surface area contributed by atoms with Crippen LogP contribution in [0.25, 0.3) is 0 Å². The van der Waals surface area contributed by atoms with Crippen molar-refractivity contribution in [2.75, 3.05) is 11.9 Å². The Morgan fingerprint density at radius 2 is 2.32 bits per heavy atom. The number of hydrogen-bond acceptors (Lipinski definition) is 4. The summed E-state index contributed by atoms with van der Waals surface area (Å²) in [6.45, 7) is 1.50. The Morgan fingerprint density at radius 1 is 1.53 bits per heavy atom. The second-order valence-electron chi connectivity index (χ2n) is 3.73. The predicted molar refractivity (Wildman–Crippen MR) is 69.5 cm³/mol. The predicted octanol–water partition coefficient (Wildman–Crippen LogP) is 2.90. The molecule has 1 aromatic heterocycles. The van der Waals surface area contributed by atoms with Crippen LogP contribution in [0.15, 0.2) is 33.3 Å². The molecule has 1 heterocycles. The standard InChI is InChI=1S/C12H10BrFN2O3/c1-7-4-11(16-19-7)15-12(17)6-18-10-3-2-8(14)5-9(10)13/h2-5H,6H2,1H3,(H,15,16,17). The van der Waals surface area contributed by atoms with Crippen molar-refractivity contribution in [3.05, 3.63) is 40.3 Å². The smallest absolute Gasteiger partial charge is 0.263 e. The van der Waals surface area contributed by atoms with E-state index in [0.717, 1.165) is 0 Å². The van der Waals surface area contributed by atoms with Gasteiger partial charge in [-0.25, -0.2) is 4.39 Å². The third-order valence-corrected chi connectivity index (χ3v) is 2.77. The molecular weight excluding hydrogens is 319 g/mol. The third-order valence-electron chi connectivity index (χ3n) is 2.15. The number of ether oxygens (including phenoxy) is 1. The van der Waals surface area contributed by atoms with E-state index in [9.17, 15) is 9.18 Å². The molecule has 0 saturated heterocycles. The van der Waals surface area contributed by atoms with E-state index < -0.39 is 0 Å². The summed E-state index contributed by atoms with van der Waals surface area (Å²) >= 11 is 3.14. The highest BCUT2D eigenvalue weighted by atomic mass is 79.9. The zero-order chi connectivity index (χ0) is 13.8. The maximum Gasteiger partial charge on any atom is 0.263 e. The number of halogens is 2. The molecule has 0 fully saturated rings. The lowest BCUT2D eigenvalue weighted by Crippen LogP contribution is -2.20. The van der Waals surface area contributed by atoms with Crippen LogP contribution < -0.4 is 10.1 Å². The quantitative estimate of drug-likeness (QED) is 0.937. The highest BCUT2D eigenvalue weighted by Gasteiger charge is 2.09. The van der Waals surface area contributed by atoms with Gasteiger partial charge >= 0.3 is 0 Å². The zero-order valence-corrected chi connectivity index (χ0v) is 11.5. The van der Waals surface area contributed by atoms with Crippen LogP contribution in [-0.4, -0.2) is 17.7 Å². The van der Waals surface area contributed by atoms with Gasteiger partial charge in [0.05, 0.1) is 4.47 Å². The summed E-state index contributed by atoms with van der Waals surface area (Å²) in [5.41, 5.74) is 0. The second-order valence-corrected chi connectivity index (χ2v) is 4.59. The van der Waals surface area contributed by atoms with E-state index in [1.165, 1.54) is 18.2 Å². The van der Waals surface area contributed by atoms with Crippen LogP contribution in [-0.2, 0) is 4.79 Å². The minimum atomic E-state index is -0.387. The van der Waals surface area contributed by atoms with Gasteiger partial charge in [0.2, 0.25) is 0 Å². The van der Waals surface area contributed by atoms with Gasteiger partial charge in [0, 0.05) is 6.07 Å². The first-order valence-electron chi connectivity index (χ1n) is 5.35. The van der Waals surface area contributed by atoms with Crippen LogP contribution in [0.5, 0.6) is 5.75 Å². The van der Waals surface area contributed by atoms with Crippen LogP contribution in [0.3, 0.4) is 0 Å². The lowest BCUT2D eigenvalue weighted by molar-refractivity contribution is -0.118. The van der Waals surface area contributed by atoms with Crippen molar-refractivity contribution in [1.82, 2.24) is 5.16 Å². The molecule has 0 saturated carbocycles. The van der Waals surface area contributed by atoms with Gasteiger partial charge < -0.3 is 14.6 Å². The van der Waals surface area contributed by atoms with Gasteiger partial charge in [-0.05, 0) is 41.1 Å². The van der Waals surface area contributed by atoms with Crippen molar-refractivity contribution >= 4 is 27.7 Å². The fourth-order valence-corrected chi connectivity index (χ4v) is 1.81. The van der Waals surface area contributed by atoms with E-state index in [0.29, 0.717) is 21.8 Å². The van der Waals surface area contributed by atoms with E-state index in [1.807, 2.05) is 0 Å². The van der Waals surface area contributed by atoms with Gasteiger partial charge in [-0.1, -0.05) is 5.16 Å². The highest BCUT2D eigenvalue weighted by molar-refractivity contribution is 9.10. The molecule has 1 aromatic carbocycles. The number of aromatic nitrogens is 1. The SMILES string of the molecule is Cc1cc(NC(=O)COc2ccc(F)cc2Br)no1. The summed E-state index contributed by atoms with van der Waals surface area (Å²) in [6, 6.07) is 5.53. The normalized spacial score (nSPS) is 10.3. The fraction of sp³-hybridized carbons (Fsp3) is 0.167. The summed E-state index contributed by atoms with van der Waals surface area (Å²) in [5.74, 6) is 0.529. The van der Waals surface area contributed by atoms with Crippen molar-refractivity contribution in [1.29, 1.82) is 0 Å². The molecule has 19 heavy (non-hydrogen) atoms. The number of rotatable bonds is 4. The molecule has 7 heteroatoms. The van der Waals surface area contributed by atoms with Gasteiger partial charge in [-0.3, -0.25) is 4.79 Å². The Balaban J connectivity index is 1.89. The van der Waals surface area contributed by atoms with Crippen LogP contribution >= 0.6 is 15.9 Å². The number of amides is 1. The molecule has 2 aromatic rings. The molecule has 1 N–H and O–H groups in total. The van der Waals surface area contributed by atoms with Crippen molar-refractivity contribution in [3.8, 4) is 5.75 Å². The number of hydrogen-bond donors (Lipinski definition) is 1. The Morgan fingerprint density at radius 3 is 2.95 bits per heavy atom. The number of carbonyl (C=O) groups excluding carboxylic acids is 1. The fourth-order valence-electron chi connectivity index (χ4n) is 1.34. The van der Waals surface area contributed by atoms with Crippen LogP contribution in [0, 0.1) is 12.7 Å². The second kappa shape index (κ2) is 5.83. The first-order chi connectivity index (χ1) is 9.04. The van der Waals surface area contributed by atoms with Gasteiger partial charge in [0.25, 0.3) is 5.91 Å². The van der Waals surface area contributed by atoms with Crippen LogP contribution in [0.1, 0.15) is 5.76 Å². The van der Waals surface area contributed by atoms with Gasteiger partial charge in [0.15, 0.2) is 12.4 Å². The maximum absolute atomic E-state index is 12.9. The average Bonchev–Trinajstić information content (AvgIpc) is 2.73. The molecule has 0 radical (unpaired) electrons. The monoisotopic (exact) mass is 328 g/mol. The first kappa shape index (κ1) is 13.5. The number of benzene rings is 1. The topological polar surface area (TPSA) is 64.4 Å². The summed E-state index contributed by atoms with van der Waals surface area (Å²) in [5, 5.41) is 6.12. The lowest BCUT2D eigenvalue weighted by atomic mass is 10.3. The van der Waals surface area contributed by atoms with E-state index in [-0.39, 0.29) is 18.3 Å². The summed E-state index contributed by atoms with van der Waals surface area (Å²) in [4.78, 5) is 11.6. The molecule has 0 unspecified atom stereocenters. The molecule has 0 aliphatic rings. The zero-order valence-electron chi connectivity index (χ0n) is 9.94. The van der Waals surface area contributed by atoms with Gasteiger partial charge in [0.1, 0.15) is 17.3 Å². The Kier molecular flexibility index (Phi) is 4.16. The Hall–Kier alpha value is -1.89. The van der Waals surface area contributed by atoms with E-state index in [2.05, 4.69) is 26.4 Å². The number of nitrogens with zero attached hydrogens (tertiary/aromatic N) is 1. The number of carbonyl (C=O) groups is 1. The van der Waals surface area contributed by atoms with Gasteiger partial charge in [-0.2, -0.15) is 0 Å². The summed E-state index contributed by atoms with van der Waals surface area (Å²) in [7, 11) is 0. The third kappa shape index (κ3) is 3.78. The molecule has 5 nitrogen and oxygen atoms in total. The van der Waals surface area contributed by atoms with E-state index in [1.54, 1.807) is 13.0 Å². The highest BCUT2D eigenvalue weighted by Crippen LogP contribution is 2.25. The van der Waals surface area contributed by atoms with Crippen LogP contribution in [0.4, 0.5) is 10.2 Å². The summed E-state index contributed by atoms with van der Waals surface area (Å²) < 4.78 is 23.3. The first-order valence-corrected chi connectivity index (χ1v) is 6.15. The maximum atomic E-state index is 12.9. The number of anilines is 1. The summed E-state index contributed by atoms with van der Waals surface area (Å²) in [6.07, 6.45) is 0. The molecule has 0 aliphatic carbocycles. The van der Waals surface area contributed by atoms with Crippen molar-refractivity contribution in [3.63, 3.8) is 0 Å². The van der Waals surface area contributed by atoms with Crippen molar-refractivity contribution in [2.45, 2.75) is 6.92 Å². The number of aryl methyl sites for hydroxylation is 1. The molecule has 0 bridgehead atoms. The molecule has 2 rings (SSSR count). The molecule has 0 aliphatic heterocycles. The largest absolute Gasteiger partial charge is 0.483 e. The minimum Gasteiger partial charge on any atom is -0.483 e. The average molecular weight is 329 g/mol. The Labute approximate surface area is 116 Å². The molecular formula is C12H10BrFN2O3. The molecule has 0 spiro atoms. The Bertz CT molecular complexity index is 600. The molecule has 1 amide bonds.